The van der Waals surface area contributed by atoms with E-state index in [0.29, 0.717) is 5.89 Å². The van der Waals surface area contributed by atoms with Gasteiger partial charge in [-0.3, -0.25) is 0 Å². The van der Waals surface area contributed by atoms with E-state index in [1.54, 1.807) is 0 Å². The first-order chi connectivity index (χ1) is 11.3. The van der Waals surface area contributed by atoms with Crippen LogP contribution in [-0.2, 0) is 12.8 Å². The van der Waals surface area contributed by atoms with Gasteiger partial charge in [-0.25, -0.2) is 4.98 Å². The summed E-state index contributed by atoms with van der Waals surface area (Å²) >= 11 is 0. The summed E-state index contributed by atoms with van der Waals surface area (Å²) in [4.78, 5) is 4.70. The van der Waals surface area contributed by atoms with Crippen LogP contribution >= 0.6 is 0 Å². The quantitative estimate of drug-likeness (QED) is 0.569. The minimum absolute atomic E-state index is 0.631. The van der Waals surface area contributed by atoms with Crippen molar-refractivity contribution in [2.75, 3.05) is 0 Å². The molecule has 2 aromatic heterocycles. The van der Waals surface area contributed by atoms with Crippen molar-refractivity contribution in [3.8, 4) is 11.5 Å². The van der Waals surface area contributed by atoms with Crippen molar-refractivity contribution < 1.29 is 4.42 Å². The molecule has 2 heterocycles. The molecule has 0 amide bonds. The molecule has 0 atom stereocenters. The van der Waals surface area contributed by atoms with E-state index in [-0.39, 0.29) is 0 Å². The largest absolute Gasteiger partial charge is 0.416 e. The standard InChI is InChI=1S/C19H17N3O/c1-2-17-20-16(13-14-9-5-3-6-10-14)19-22(17)21-18(23-19)15-11-7-4-8-12-15/h3-12H,2,13H2,1H3. The van der Waals surface area contributed by atoms with Crippen LogP contribution in [0.1, 0.15) is 24.0 Å². The van der Waals surface area contributed by atoms with Crippen LogP contribution in [0.3, 0.4) is 0 Å². The summed E-state index contributed by atoms with van der Waals surface area (Å²) in [6, 6.07) is 20.3. The number of imidazole rings is 1. The van der Waals surface area contributed by atoms with Crippen LogP contribution in [-0.4, -0.2) is 14.6 Å². The van der Waals surface area contributed by atoms with Gasteiger partial charge in [0.1, 0.15) is 11.5 Å². The Morgan fingerprint density at radius 1 is 0.957 bits per heavy atom. The third-order valence-corrected chi connectivity index (χ3v) is 3.88. The summed E-state index contributed by atoms with van der Waals surface area (Å²) in [5.74, 6) is 1.56. The summed E-state index contributed by atoms with van der Waals surface area (Å²) < 4.78 is 7.86. The molecule has 0 aliphatic carbocycles. The molecule has 0 fully saturated rings. The molecule has 0 N–H and O–H groups in total. The van der Waals surface area contributed by atoms with Gasteiger partial charge in [0.05, 0.1) is 0 Å². The smallest absolute Gasteiger partial charge is 0.246 e. The number of rotatable bonds is 4. The first-order valence-corrected chi connectivity index (χ1v) is 7.82. The zero-order chi connectivity index (χ0) is 15.6. The molecule has 4 heteroatoms. The van der Waals surface area contributed by atoms with Gasteiger partial charge in [0.2, 0.25) is 11.6 Å². The molecule has 0 aliphatic heterocycles. The van der Waals surface area contributed by atoms with Crippen molar-refractivity contribution >= 4 is 5.71 Å². The molecule has 4 rings (SSSR count). The lowest BCUT2D eigenvalue weighted by atomic mass is 10.1. The molecule has 0 aliphatic rings. The van der Waals surface area contributed by atoms with Gasteiger partial charge in [0.15, 0.2) is 0 Å². The van der Waals surface area contributed by atoms with E-state index in [4.69, 9.17) is 9.40 Å². The minimum atomic E-state index is 0.631. The topological polar surface area (TPSA) is 43.3 Å². The van der Waals surface area contributed by atoms with Gasteiger partial charge in [-0.2, -0.15) is 4.52 Å². The van der Waals surface area contributed by atoms with Crippen molar-refractivity contribution in [1.29, 1.82) is 0 Å². The summed E-state index contributed by atoms with van der Waals surface area (Å²) in [5, 5.41) is 4.60. The summed E-state index contributed by atoms with van der Waals surface area (Å²) in [6.07, 6.45) is 1.56. The van der Waals surface area contributed by atoms with Gasteiger partial charge in [-0.05, 0) is 17.7 Å². The second-order valence-electron chi connectivity index (χ2n) is 5.48. The number of aromatic nitrogens is 3. The molecule has 0 spiro atoms. The molecular weight excluding hydrogens is 286 g/mol. The maximum absolute atomic E-state index is 6.03. The maximum atomic E-state index is 6.03. The van der Waals surface area contributed by atoms with E-state index < -0.39 is 0 Å². The normalized spacial score (nSPS) is 11.2. The molecule has 23 heavy (non-hydrogen) atoms. The van der Waals surface area contributed by atoms with Crippen molar-refractivity contribution in [1.82, 2.24) is 14.6 Å². The molecule has 4 aromatic rings. The van der Waals surface area contributed by atoms with Crippen LogP contribution in [0.4, 0.5) is 0 Å². The molecule has 0 saturated carbocycles. The fourth-order valence-electron chi connectivity index (χ4n) is 2.73. The number of hydrogen-bond acceptors (Lipinski definition) is 3. The van der Waals surface area contributed by atoms with Gasteiger partial charge in [-0.1, -0.05) is 55.5 Å². The highest BCUT2D eigenvalue weighted by Gasteiger charge is 2.18. The minimum Gasteiger partial charge on any atom is -0.416 e. The Labute approximate surface area is 134 Å². The molecule has 2 aromatic carbocycles. The molecule has 114 valence electrons. The fraction of sp³-hybridized carbons (Fsp3) is 0.158. The Hall–Kier alpha value is -2.88. The molecular formula is C19H17N3O. The lowest BCUT2D eigenvalue weighted by Gasteiger charge is -1.97. The second-order valence-corrected chi connectivity index (χ2v) is 5.48. The highest BCUT2D eigenvalue weighted by atomic mass is 16.4. The Morgan fingerprint density at radius 2 is 1.65 bits per heavy atom. The van der Waals surface area contributed by atoms with E-state index in [9.17, 15) is 0 Å². The molecule has 0 saturated heterocycles. The first-order valence-electron chi connectivity index (χ1n) is 7.82. The number of aryl methyl sites for hydroxylation is 1. The van der Waals surface area contributed by atoms with Crippen LogP contribution < -0.4 is 0 Å². The van der Waals surface area contributed by atoms with Crippen molar-refractivity contribution in [2.24, 2.45) is 0 Å². The summed E-state index contributed by atoms with van der Waals surface area (Å²) in [6.45, 7) is 2.08. The lowest BCUT2D eigenvalue weighted by molar-refractivity contribution is 0.612. The predicted octanol–water partition coefficient (Wildman–Crippen LogP) is 4.14. The molecule has 0 bridgehead atoms. The Balaban J connectivity index is 1.80. The van der Waals surface area contributed by atoms with Crippen molar-refractivity contribution in [2.45, 2.75) is 19.8 Å². The lowest BCUT2D eigenvalue weighted by Crippen LogP contribution is -1.93. The molecule has 4 nitrogen and oxygen atoms in total. The third-order valence-electron chi connectivity index (χ3n) is 3.88. The number of benzene rings is 2. The van der Waals surface area contributed by atoms with Crippen molar-refractivity contribution in [3.05, 3.63) is 77.7 Å². The zero-order valence-corrected chi connectivity index (χ0v) is 12.9. The SMILES string of the molecule is CCc1nc(Cc2ccccc2)c2oc(-c3ccccc3)nn12. The van der Waals surface area contributed by atoms with E-state index in [1.807, 2.05) is 53.0 Å². The van der Waals surface area contributed by atoms with Gasteiger partial charge in [-0.15, -0.1) is 5.10 Å². The number of nitrogens with zero attached hydrogens (tertiary/aromatic N) is 3. The van der Waals surface area contributed by atoms with E-state index >= 15 is 0 Å². The summed E-state index contributed by atoms with van der Waals surface area (Å²) in [5.41, 5.74) is 3.86. The Kier molecular flexibility index (Phi) is 3.42. The monoisotopic (exact) mass is 303 g/mol. The molecule has 0 radical (unpaired) electrons. The average molecular weight is 303 g/mol. The average Bonchev–Trinajstić information content (AvgIpc) is 3.17. The number of hydrogen-bond donors (Lipinski definition) is 0. The molecule has 0 unspecified atom stereocenters. The van der Waals surface area contributed by atoms with E-state index in [2.05, 4.69) is 24.2 Å². The third kappa shape index (κ3) is 2.52. The van der Waals surface area contributed by atoms with Crippen LogP contribution in [0.25, 0.3) is 17.2 Å². The van der Waals surface area contributed by atoms with Gasteiger partial charge in [0, 0.05) is 18.4 Å². The zero-order valence-electron chi connectivity index (χ0n) is 12.9. The first kappa shape index (κ1) is 13.8. The summed E-state index contributed by atoms with van der Waals surface area (Å²) in [7, 11) is 0. The highest BCUT2D eigenvalue weighted by molar-refractivity contribution is 5.56. The fourth-order valence-corrected chi connectivity index (χ4v) is 2.73. The van der Waals surface area contributed by atoms with Gasteiger partial charge >= 0.3 is 0 Å². The Bertz CT molecular complexity index is 923. The van der Waals surface area contributed by atoms with E-state index in [1.165, 1.54) is 5.56 Å². The van der Waals surface area contributed by atoms with Gasteiger partial charge in [0.25, 0.3) is 0 Å². The van der Waals surface area contributed by atoms with Crippen LogP contribution in [0.5, 0.6) is 0 Å². The van der Waals surface area contributed by atoms with Crippen LogP contribution in [0, 0.1) is 0 Å². The van der Waals surface area contributed by atoms with E-state index in [0.717, 1.165) is 35.6 Å². The Morgan fingerprint density at radius 3 is 2.35 bits per heavy atom. The van der Waals surface area contributed by atoms with Crippen LogP contribution in [0.2, 0.25) is 0 Å². The number of fused-ring (bicyclic) bond motifs is 1. The van der Waals surface area contributed by atoms with Crippen LogP contribution in [0.15, 0.2) is 65.1 Å². The second kappa shape index (κ2) is 5.72. The van der Waals surface area contributed by atoms with Gasteiger partial charge < -0.3 is 4.42 Å². The van der Waals surface area contributed by atoms with Crippen molar-refractivity contribution in [3.63, 3.8) is 0 Å². The highest BCUT2D eigenvalue weighted by Crippen LogP contribution is 2.24. The maximum Gasteiger partial charge on any atom is 0.246 e. The predicted molar refractivity (Wildman–Crippen MR) is 89.3 cm³/mol.